The molecule has 2 unspecified atom stereocenters. The maximum absolute atomic E-state index is 13.3. The van der Waals surface area contributed by atoms with Crippen molar-refractivity contribution >= 4 is 31.9 Å². The summed E-state index contributed by atoms with van der Waals surface area (Å²) in [5.41, 5.74) is 8.14. The summed E-state index contributed by atoms with van der Waals surface area (Å²) in [6.45, 7) is 0. The van der Waals surface area contributed by atoms with Crippen molar-refractivity contribution < 1.29 is 9.13 Å². The van der Waals surface area contributed by atoms with Gasteiger partial charge in [0.2, 0.25) is 0 Å². The number of benzene rings is 2. The SMILES string of the molecule is NC1CC(c2ccc(F)c(Br)c2)Oc2ccc(Br)cc21. The molecule has 2 aromatic carbocycles. The maximum Gasteiger partial charge on any atom is 0.137 e. The summed E-state index contributed by atoms with van der Waals surface area (Å²) in [4.78, 5) is 0. The lowest BCUT2D eigenvalue weighted by atomic mass is 9.94. The van der Waals surface area contributed by atoms with E-state index < -0.39 is 0 Å². The van der Waals surface area contributed by atoms with Crippen LogP contribution in [-0.2, 0) is 0 Å². The molecule has 0 spiro atoms. The summed E-state index contributed by atoms with van der Waals surface area (Å²) in [6, 6.07) is 10.6. The minimum absolute atomic E-state index is 0.0925. The molecular formula is C15H12Br2FNO. The Balaban J connectivity index is 1.94. The van der Waals surface area contributed by atoms with Crippen molar-refractivity contribution in [1.82, 2.24) is 0 Å². The fourth-order valence-corrected chi connectivity index (χ4v) is 3.17. The van der Waals surface area contributed by atoms with E-state index in [1.165, 1.54) is 6.07 Å². The van der Waals surface area contributed by atoms with Gasteiger partial charge >= 0.3 is 0 Å². The molecule has 104 valence electrons. The molecule has 0 fully saturated rings. The number of halogens is 3. The summed E-state index contributed by atoms with van der Waals surface area (Å²) in [5, 5.41) is 0. The van der Waals surface area contributed by atoms with E-state index in [9.17, 15) is 4.39 Å². The van der Waals surface area contributed by atoms with Crippen LogP contribution in [0.15, 0.2) is 45.3 Å². The first-order valence-electron chi connectivity index (χ1n) is 6.21. The van der Waals surface area contributed by atoms with Crippen molar-refractivity contribution in [2.24, 2.45) is 5.73 Å². The predicted octanol–water partition coefficient (Wildman–Crippen LogP) is 4.87. The summed E-state index contributed by atoms with van der Waals surface area (Å²) >= 11 is 6.64. The average Bonchev–Trinajstić information content (AvgIpc) is 2.42. The Hall–Kier alpha value is -0.910. The molecule has 0 aromatic heterocycles. The summed E-state index contributed by atoms with van der Waals surface area (Å²) in [7, 11) is 0. The number of hydrogen-bond acceptors (Lipinski definition) is 2. The second-order valence-corrected chi connectivity index (χ2v) is 6.57. The minimum Gasteiger partial charge on any atom is -0.485 e. The Morgan fingerprint density at radius 3 is 2.70 bits per heavy atom. The van der Waals surface area contributed by atoms with Gasteiger partial charge in [0.25, 0.3) is 0 Å². The van der Waals surface area contributed by atoms with Crippen molar-refractivity contribution in [2.45, 2.75) is 18.6 Å². The van der Waals surface area contributed by atoms with E-state index in [0.717, 1.165) is 21.3 Å². The largest absolute Gasteiger partial charge is 0.485 e. The van der Waals surface area contributed by atoms with Gasteiger partial charge in [-0.05, 0) is 51.8 Å². The number of hydrogen-bond donors (Lipinski definition) is 1. The Morgan fingerprint density at radius 2 is 1.95 bits per heavy atom. The van der Waals surface area contributed by atoms with Crippen LogP contribution in [-0.4, -0.2) is 0 Å². The van der Waals surface area contributed by atoms with Crippen LogP contribution in [0, 0.1) is 5.82 Å². The molecular weight excluding hydrogens is 389 g/mol. The maximum atomic E-state index is 13.3. The lowest BCUT2D eigenvalue weighted by Gasteiger charge is -2.30. The van der Waals surface area contributed by atoms with Gasteiger partial charge in [-0.2, -0.15) is 0 Å². The fraction of sp³-hybridized carbons (Fsp3) is 0.200. The second kappa shape index (κ2) is 5.47. The molecule has 2 N–H and O–H groups in total. The molecule has 1 heterocycles. The van der Waals surface area contributed by atoms with Crippen LogP contribution in [0.3, 0.4) is 0 Å². The topological polar surface area (TPSA) is 35.2 Å². The van der Waals surface area contributed by atoms with Crippen LogP contribution in [0.2, 0.25) is 0 Å². The Bertz CT molecular complexity index is 662. The first-order valence-corrected chi connectivity index (χ1v) is 7.80. The third kappa shape index (κ3) is 2.62. The monoisotopic (exact) mass is 399 g/mol. The zero-order chi connectivity index (χ0) is 14.3. The van der Waals surface area contributed by atoms with Gasteiger partial charge in [-0.15, -0.1) is 0 Å². The highest BCUT2D eigenvalue weighted by atomic mass is 79.9. The molecule has 1 aliphatic heterocycles. The first-order chi connectivity index (χ1) is 9.54. The quantitative estimate of drug-likeness (QED) is 0.740. The minimum atomic E-state index is -0.279. The second-order valence-electron chi connectivity index (χ2n) is 4.80. The smallest absolute Gasteiger partial charge is 0.137 e. The summed E-state index contributed by atoms with van der Waals surface area (Å²) < 4.78 is 20.7. The van der Waals surface area contributed by atoms with Crippen molar-refractivity contribution in [3.8, 4) is 5.75 Å². The van der Waals surface area contributed by atoms with E-state index in [2.05, 4.69) is 31.9 Å². The molecule has 1 aliphatic rings. The molecule has 5 heteroatoms. The number of fused-ring (bicyclic) bond motifs is 1. The van der Waals surface area contributed by atoms with Gasteiger partial charge in [-0.3, -0.25) is 0 Å². The van der Waals surface area contributed by atoms with Gasteiger partial charge in [0.1, 0.15) is 17.7 Å². The van der Waals surface area contributed by atoms with Gasteiger partial charge in [0.15, 0.2) is 0 Å². The highest BCUT2D eigenvalue weighted by Gasteiger charge is 2.27. The first kappa shape index (κ1) is 14.0. The van der Waals surface area contributed by atoms with Crippen LogP contribution in [0.1, 0.15) is 29.7 Å². The Labute approximate surface area is 133 Å². The van der Waals surface area contributed by atoms with E-state index in [-0.39, 0.29) is 18.0 Å². The lowest BCUT2D eigenvalue weighted by Crippen LogP contribution is -2.24. The van der Waals surface area contributed by atoms with Crippen molar-refractivity contribution in [3.05, 3.63) is 62.3 Å². The zero-order valence-corrected chi connectivity index (χ0v) is 13.6. The molecule has 0 saturated heterocycles. The summed E-state index contributed by atoms with van der Waals surface area (Å²) in [6.07, 6.45) is 0.511. The predicted molar refractivity (Wildman–Crippen MR) is 83.2 cm³/mol. The lowest BCUT2D eigenvalue weighted by molar-refractivity contribution is 0.161. The zero-order valence-electron chi connectivity index (χ0n) is 10.4. The molecule has 20 heavy (non-hydrogen) atoms. The molecule has 2 nitrogen and oxygen atoms in total. The normalized spacial score (nSPS) is 21.2. The van der Waals surface area contributed by atoms with Crippen molar-refractivity contribution in [3.63, 3.8) is 0 Å². The van der Waals surface area contributed by atoms with Crippen LogP contribution < -0.4 is 10.5 Å². The third-order valence-electron chi connectivity index (χ3n) is 3.42. The van der Waals surface area contributed by atoms with Crippen molar-refractivity contribution in [1.29, 1.82) is 0 Å². The molecule has 2 atom stereocenters. The number of ether oxygens (including phenoxy) is 1. The van der Waals surface area contributed by atoms with E-state index in [1.54, 1.807) is 12.1 Å². The molecule has 0 radical (unpaired) electrons. The van der Waals surface area contributed by atoms with Gasteiger partial charge in [-0.1, -0.05) is 22.0 Å². The summed E-state index contributed by atoms with van der Waals surface area (Å²) in [5.74, 6) is 0.510. The highest BCUT2D eigenvalue weighted by molar-refractivity contribution is 9.10. The van der Waals surface area contributed by atoms with E-state index in [1.807, 2.05) is 18.2 Å². The molecule has 0 aliphatic carbocycles. The van der Waals surface area contributed by atoms with Crippen molar-refractivity contribution in [2.75, 3.05) is 0 Å². The molecule has 0 bridgehead atoms. The Kier molecular flexibility index (Phi) is 3.84. The van der Waals surface area contributed by atoms with Crippen LogP contribution >= 0.6 is 31.9 Å². The number of rotatable bonds is 1. The van der Waals surface area contributed by atoms with Crippen LogP contribution in [0.4, 0.5) is 4.39 Å². The molecule has 0 amide bonds. The van der Waals surface area contributed by atoms with E-state index in [4.69, 9.17) is 10.5 Å². The van der Waals surface area contributed by atoms with Crippen LogP contribution in [0.25, 0.3) is 0 Å². The van der Waals surface area contributed by atoms with Gasteiger partial charge in [0, 0.05) is 22.5 Å². The molecule has 0 saturated carbocycles. The molecule has 3 rings (SSSR count). The van der Waals surface area contributed by atoms with E-state index in [0.29, 0.717) is 10.9 Å². The standard InChI is InChI=1S/C15H12Br2FNO/c16-9-2-4-14-10(6-9)13(19)7-15(20-14)8-1-3-12(18)11(17)5-8/h1-6,13,15H,7,19H2. The van der Waals surface area contributed by atoms with Gasteiger partial charge in [0.05, 0.1) is 4.47 Å². The Morgan fingerprint density at radius 1 is 1.15 bits per heavy atom. The molecule has 2 aromatic rings. The fourth-order valence-electron chi connectivity index (χ4n) is 2.39. The van der Waals surface area contributed by atoms with Gasteiger partial charge in [-0.25, -0.2) is 4.39 Å². The van der Waals surface area contributed by atoms with Crippen LogP contribution in [0.5, 0.6) is 5.75 Å². The highest BCUT2D eigenvalue weighted by Crippen LogP contribution is 2.41. The van der Waals surface area contributed by atoms with E-state index >= 15 is 0 Å². The van der Waals surface area contributed by atoms with Gasteiger partial charge < -0.3 is 10.5 Å². The number of nitrogens with two attached hydrogens (primary N) is 1. The average molecular weight is 401 g/mol. The third-order valence-corrected chi connectivity index (χ3v) is 4.52.